The highest BCUT2D eigenvalue weighted by Crippen LogP contribution is 2.33. The van der Waals surface area contributed by atoms with E-state index in [0.717, 1.165) is 38.0 Å². The number of carbonyl (C=O) groups excluding carboxylic acids is 2. The molecule has 27 heavy (non-hydrogen) atoms. The summed E-state index contributed by atoms with van der Waals surface area (Å²) in [6.07, 6.45) is 2.96. The minimum Gasteiger partial charge on any atom is -0.339 e. The van der Waals surface area contributed by atoms with Gasteiger partial charge in [-0.2, -0.15) is 0 Å². The van der Waals surface area contributed by atoms with Crippen molar-refractivity contribution in [1.29, 1.82) is 0 Å². The van der Waals surface area contributed by atoms with E-state index in [4.69, 9.17) is 0 Å². The van der Waals surface area contributed by atoms with Crippen LogP contribution in [0, 0.1) is 5.92 Å². The van der Waals surface area contributed by atoms with E-state index in [1.807, 2.05) is 46.2 Å². The summed E-state index contributed by atoms with van der Waals surface area (Å²) in [4.78, 5) is 29.9. The number of hydrogen-bond acceptors (Lipinski definition) is 2. The molecule has 1 fully saturated rings. The molecule has 1 saturated heterocycles. The number of benzene rings is 2. The predicted octanol–water partition coefficient (Wildman–Crippen LogP) is 4.15. The maximum Gasteiger partial charge on any atom is 0.258 e. The summed E-state index contributed by atoms with van der Waals surface area (Å²) >= 11 is 0. The Morgan fingerprint density at radius 2 is 1.56 bits per heavy atom. The van der Waals surface area contributed by atoms with Crippen molar-refractivity contribution in [3.63, 3.8) is 0 Å². The average molecular weight is 362 g/mol. The van der Waals surface area contributed by atoms with Gasteiger partial charge in [-0.3, -0.25) is 9.59 Å². The first-order chi connectivity index (χ1) is 13.0. The zero-order valence-corrected chi connectivity index (χ0v) is 16.0. The first kappa shape index (κ1) is 17.8. The molecule has 0 saturated carbocycles. The van der Waals surface area contributed by atoms with Crippen LogP contribution in [0.4, 0.5) is 5.69 Å². The SMILES string of the molecule is CC1CCN(C(=O)c2cccc(C(=O)N3c4ccccc4CC3C)c2)CC1. The highest BCUT2D eigenvalue weighted by atomic mass is 16.2. The molecule has 4 rings (SSSR count). The molecule has 2 aromatic carbocycles. The monoisotopic (exact) mass is 362 g/mol. The number of nitrogens with zero attached hydrogens (tertiary/aromatic N) is 2. The molecule has 4 heteroatoms. The van der Waals surface area contributed by atoms with E-state index < -0.39 is 0 Å². The van der Waals surface area contributed by atoms with Crippen molar-refractivity contribution in [2.24, 2.45) is 5.92 Å². The van der Waals surface area contributed by atoms with Crippen LogP contribution >= 0.6 is 0 Å². The van der Waals surface area contributed by atoms with Crippen LogP contribution in [0.25, 0.3) is 0 Å². The lowest BCUT2D eigenvalue weighted by molar-refractivity contribution is 0.0697. The Bertz CT molecular complexity index is 868. The van der Waals surface area contributed by atoms with Gasteiger partial charge in [0.25, 0.3) is 11.8 Å². The second kappa shape index (κ2) is 7.18. The van der Waals surface area contributed by atoms with E-state index in [1.54, 1.807) is 6.07 Å². The average Bonchev–Trinajstić information content (AvgIpc) is 3.03. The molecule has 1 atom stereocenters. The zero-order valence-electron chi connectivity index (χ0n) is 16.0. The summed E-state index contributed by atoms with van der Waals surface area (Å²) in [7, 11) is 0. The van der Waals surface area contributed by atoms with Crippen LogP contribution in [0.2, 0.25) is 0 Å². The third kappa shape index (κ3) is 3.36. The van der Waals surface area contributed by atoms with Crippen molar-refractivity contribution in [3.05, 3.63) is 65.2 Å². The highest BCUT2D eigenvalue weighted by Gasteiger charge is 2.31. The van der Waals surface area contributed by atoms with Crippen LogP contribution in [-0.2, 0) is 6.42 Å². The molecule has 0 bridgehead atoms. The molecule has 0 radical (unpaired) electrons. The first-order valence-corrected chi connectivity index (χ1v) is 9.85. The Labute approximate surface area is 160 Å². The van der Waals surface area contributed by atoms with E-state index in [2.05, 4.69) is 19.9 Å². The van der Waals surface area contributed by atoms with E-state index in [-0.39, 0.29) is 17.9 Å². The van der Waals surface area contributed by atoms with Gasteiger partial charge in [-0.05, 0) is 61.9 Å². The van der Waals surface area contributed by atoms with E-state index in [9.17, 15) is 9.59 Å². The van der Waals surface area contributed by atoms with Gasteiger partial charge in [-0.1, -0.05) is 31.2 Å². The fourth-order valence-corrected chi connectivity index (χ4v) is 4.19. The molecule has 1 unspecified atom stereocenters. The van der Waals surface area contributed by atoms with Crippen LogP contribution < -0.4 is 4.90 Å². The molecule has 0 spiro atoms. The van der Waals surface area contributed by atoms with E-state index in [0.29, 0.717) is 17.0 Å². The summed E-state index contributed by atoms with van der Waals surface area (Å²) in [6.45, 7) is 5.90. The number of fused-ring (bicyclic) bond motifs is 1. The summed E-state index contributed by atoms with van der Waals surface area (Å²) in [5, 5.41) is 0. The lowest BCUT2D eigenvalue weighted by Crippen LogP contribution is -2.38. The third-order valence-electron chi connectivity index (χ3n) is 5.85. The number of amides is 2. The number of rotatable bonds is 2. The lowest BCUT2D eigenvalue weighted by Gasteiger charge is -2.30. The minimum absolute atomic E-state index is 0.0330. The molecule has 4 nitrogen and oxygen atoms in total. The van der Waals surface area contributed by atoms with Gasteiger partial charge >= 0.3 is 0 Å². The number of anilines is 1. The van der Waals surface area contributed by atoms with Gasteiger partial charge in [0.1, 0.15) is 0 Å². The van der Waals surface area contributed by atoms with Gasteiger partial charge in [-0.25, -0.2) is 0 Å². The fourth-order valence-electron chi connectivity index (χ4n) is 4.19. The summed E-state index contributed by atoms with van der Waals surface area (Å²) in [5.41, 5.74) is 3.37. The topological polar surface area (TPSA) is 40.6 Å². The van der Waals surface area contributed by atoms with Crippen LogP contribution in [0.1, 0.15) is 53.0 Å². The smallest absolute Gasteiger partial charge is 0.258 e. The molecule has 0 aliphatic carbocycles. The maximum absolute atomic E-state index is 13.2. The fraction of sp³-hybridized carbons (Fsp3) is 0.391. The Hall–Kier alpha value is -2.62. The van der Waals surface area contributed by atoms with Crippen molar-refractivity contribution in [1.82, 2.24) is 4.90 Å². The number of piperidine rings is 1. The second-order valence-electron chi connectivity index (χ2n) is 7.91. The normalized spacial score (nSPS) is 19.9. The van der Waals surface area contributed by atoms with Crippen LogP contribution in [0.3, 0.4) is 0 Å². The summed E-state index contributed by atoms with van der Waals surface area (Å²) < 4.78 is 0. The minimum atomic E-state index is -0.0330. The van der Waals surface area contributed by atoms with Gasteiger partial charge in [0.15, 0.2) is 0 Å². The molecule has 140 valence electrons. The van der Waals surface area contributed by atoms with Gasteiger partial charge in [-0.15, -0.1) is 0 Å². The van der Waals surface area contributed by atoms with Crippen LogP contribution in [0.15, 0.2) is 48.5 Å². The van der Waals surface area contributed by atoms with E-state index >= 15 is 0 Å². The van der Waals surface area contributed by atoms with Gasteiger partial charge in [0.2, 0.25) is 0 Å². The zero-order chi connectivity index (χ0) is 19.0. The van der Waals surface area contributed by atoms with Gasteiger partial charge in [0.05, 0.1) is 0 Å². The van der Waals surface area contributed by atoms with Gasteiger partial charge < -0.3 is 9.80 Å². The van der Waals surface area contributed by atoms with Crippen LogP contribution in [0.5, 0.6) is 0 Å². The Balaban J connectivity index is 1.57. The molecule has 2 aromatic rings. The van der Waals surface area contributed by atoms with Crippen LogP contribution in [-0.4, -0.2) is 35.8 Å². The number of para-hydroxylation sites is 1. The van der Waals surface area contributed by atoms with Crippen molar-refractivity contribution in [3.8, 4) is 0 Å². The quantitative estimate of drug-likeness (QED) is 0.805. The molecule has 2 amide bonds. The summed E-state index contributed by atoms with van der Waals surface area (Å²) in [6, 6.07) is 15.4. The standard InChI is InChI=1S/C23H26N2O2/c1-16-10-12-24(13-11-16)22(26)19-7-5-8-20(15-19)23(27)25-17(2)14-18-6-3-4-9-21(18)25/h3-9,15-17H,10-14H2,1-2H3. The maximum atomic E-state index is 13.2. The largest absolute Gasteiger partial charge is 0.339 e. The lowest BCUT2D eigenvalue weighted by atomic mass is 9.98. The predicted molar refractivity (Wildman–Crippen MR) is 107 cm³/mol. The molecule has 2 aliphatic rings. The molecular formula is C23H26N2O2. The molecular weight excluding hydrogens is 336 g/mol. The Morgan fingerprint density at radius 1 is 0.889 bits per heavy atom. The number of hydrogen-bond donors (Lipinski definition) is 0. The summed E-state index contributed by atoms with van der Waals surface area (Å²) in [5.74, 6) is 0.680. The Morgan fingerprint density at radius 3 is 2.30 bits per heavy atom. The Kier molecular flexibility index (Phi) is 4.73. The van der Waals surface area contributed by atoms with Crippen molar-refractivity contribution in [2.75, 3.05) is 18.0 Å². The highest BCUT2D eigenvalue weighted by molar-refractivity contribution is 6.09. The van der Waals surface area contributed by atoms with Crippen molar-refractivity contribution in [2.45, 2.75) is 39.2 Å². The second-order valence-corrected chi connectivity index (χ2v) is 7.91. The molecule has 2 aliphatic heterocycles. The van der Waals surface area contributed by atoms with E-state index in [1.165, 1.54) is 5.56 Å². The van der Waals surface area contributed by atoms with Gasteiger partial charge in [0, 0.05) is 35.9 Å². The van der Waals surface area contributed by atoms with Crippen molar-refractivity contribution >= 4 is 17.5 Å². The molecule has 0 N–H and O–H groups in total. The first-order valence-electron chi connectivity index (χ1n) is 9.85. The molecule has 2 heterocycles. The number of likely N-dealkylation sites (tertiary alicyclic amines) is 1. The number of carbonyl (C=O) groups is 2. The van der Waals surface area contributed by atoms with Crippen molar-refractivity contribution < 1.29 is 9.59 Å². The molecule has 0 aromatic heterocycles. The third-order valence-corrected chi connectivity index (χ3v) is 5.85.